The zero-order valence-corrected chi connectivity index (χ0v) is 13.5. The predicted octanol–water partition coefficient (Wildman–Crippen LogP) is 3.67. The standard InChI is InChI=1S/C16H15ClN4S/c17-13-11-18-6-5-14(13)20-7-9-21(10-8-20)16-12-3-1-2-4-15(12)22-19-16/h1-6,11H,7-10H2. The number of fused-ring (bicyclic) bond motifs is 1. The highest BCUT2D eigenvalue weighted by atomic mass is 35.5. The van der Waals surface area contributed by atoms with Crippen LogP contribution in [-0.2, 0) is 0 Å². The van der Waals surface area contributed by atoms with Crippen LogP contribution >= 0.6 is 23.1 Å². The maximum absolute atomic E-state index is 6.24. The third kappa shape index (κ3) is 2.40. The summed E-state index contributed by atoms with van der Waals surface area (Å²) < 4.78 is 5.89. The van der Waals surface area contributed by atoms with E-state index in [9.17, 15) is 0 Å². The highest BCUT2D eigenvalue weighted by Gasteiger charge is 2.21. The van der Waals surface area contributed by atoms with Gasteiger partial charge in [-0.25, -0.2) is 0 Å². The maximum Gasteiger partial charge on any atom is 0.150 e. The fourth-order valence-electron chi connectivity index (χ4n) is 2.88. The van der Waals surface area contributed by atoms with Crippen LogP contribution in [0.4, 0.5) is 11.5 Å². The molecule has 1 aliphatic heterocycles. The summed E-state index contributed by atoms with van der Waals surface area (Å²) in [5.41, 5.74) is 1.07. The largest absolute Gasteiger partial charge is 0.367 e. The van der Waals surface area contributed by atoms with Crippen molar-refractivity contribution in [1.82, 2.24) is 9.36 Å². The van der Waals surface area contributed by atoms with Crippen LogP contribution in [0.3, 0.4) is 0 Å². The number of benzene rings is 1. The zero-order chi connectivity index (χ0) is 14.9. The van der Waals surface area contributed by atoms with Gasteiger partial charge in [0.05, 0.1) is 15.4 Å². The van der Waals surface area contributed by atoms with Gasteiger partial charge < -0.3 is 9.80 Å². The minimum absolute atomic E-state index is 0.718. The lowest BCUT2D eigenvalue weighted by Crippen LogP contribution is -2.46. The van der Waals surface area contributed by atoms with Crippen molar-refractivity contribution in [3.8, 4) is 0 Å². The second kappa shape index (κ2) is 5.74. The molecule has 4 rings (SSSR count). The van der Waals surface area contributed by atoms with E-state index < -0.39 is 0 Å². The Morgan fingerprint density at radius 2 is 1.77 bits per heavy atom. The Labute approximate surface area is 138 Å². The van der Waals surface area contributed by atoms with E-state index in [1.54, 1.807) is 23.9 Å². The molecule has 0 bridgehead atoms. The molecule has 112 valence electrons. The predicted molar refractivity (Wildman–Crippen MR) is 93.3 cm³/mol. The highest BCUT2D eigenvalue weighted by Crippen LogP contribution is 2.31. The van der Waals surface area contributed by atoms with Gasteiger partial charge in [-0.3, -0.25) is 4.98 Å². The molecule has 3 heterocycles. The van der Waals surface area contributed by atoms with Gasteiger partial charge in [-0.1, -0.05) is 23.7 Å². The second-order valence-corrected chi connectivity index (χ2v) is 6.52. The van der Waals surface area contributed by atoms with E-state index in [1.165, 1.54) is 10.1 Å². The molecular weight excluding hydrogens is 316 g/mol. The van der Waals surface area contributed by atoms with Crippen molar-refractivity contribution in [1.29, 1.82) is 0 Å². The number of hydrogen-bond donors (Lipinski definition) is 0. The van der Waals surface area contributed by atoms with Crippen molar-refractivity contribution in [3.63, 3.8) is 0 Å². The molecule has 1 fully saturated rings. The van der Waals surface area contributed by atoms with Gasteiger partial charge in [-0.2, -0.15) is 4.37 Å². The first kappa shape index (κ1) is 13.8. The van der Waals surface area contributed by atoms with Gasteiger partial charge in [-0.05, 0) is 29.7 Å². The third-order valence-electron chi connectivity index (χ3n) is 4.03. The number of pyridine rings is 1. The quantitative estimate of drug-likeness (QED) is 0.717. The van der Waals surface area contributed by atoms with Crippen LogP contribution in [0.5, 0.6) is 0 Å². The van der Waals surface area contributed by atoms with Gasteiger partial charge in [0, 0.05) is 44.0 Å². The van der Waals surface area contributed by atoms with Crippen molar-refractivity contribution < 1.29 is 0 Å². The molecule has 0 radical (unpaired) electrons. The first-order chi connectivity index (χ1) is 10.8. The number of hydrogen-bond acceptors (Lipinski definition) is 5. The monoisotopic (exact) mass is 330 g/mol. The Kier molecular flexibility index (Phi) is 3.60. The zero-order valence-electron chi connectivity index (χ0n) is 11.9. The van der Waals surface area contributed by atoms with Crippen LogP contribution in [0.2, 0.25) is 5.02 Å². The van der Waals surface area contributed by atoms with Gasteiger partial charge in [0.15, 0.2) is 0 Å². The number of piperazine rings is 1. The summed E-state index contributed by atoms with van der Waals surface area (Å²) in [6.07, 6.45) is 3.50. The molecule has 22 heavy (non-hydrogen) atoms. The number of nitrogens with zero attached hydrogens (tertiary/aromatic N) is 4. The molecule has 0 atom stereocenters. The fourth-order valence-corrected chi connectivity index (χ4v) is 3.92. The SMILES string of the molecule is Clc1cnccc1N1CCN(c2nsc3ccccc23)CC1. The van der Waals surface area contributed by atoms with Crippen molar-refractivity contribution in [2.75, 3.05) is 36.0 Å². The van der Waals surface area contributed by atoms with Crippen molar-refractivity contribution in [2.45, 2.75) is 0 Å². The summed E-state index contributed by atoms with van der Waals surface area (Å²) >= 11 is 7.82. The number of rotatable bonds is 2. The molecule has 0 amide bonds. The molecule has 0 aliphatic carbocycles. The van der Waals surface area contributed by atoms with Crippen LogP contribution < -0.4 is 9.80 Å². The number of aromatic nitrogens is 2. The van der Waals surface area contributed by atoms with E-state index in [2.05, 4.69) is 43.4 Å². The van der Waals surface area contributed by atoms with Crippen molar-refractivity contribution in [3.05, 3.63) is 47.7 Å². The molecule has 0 unspecified atom stereocenters. The summed E-state index contributed by atoms with van der Waals surface area (Å²) in [6, 6.07) is 10.4. The molecule has 3 aromatic rings. The number of halogens is 1. The summed E-state index contributed by atoms with van der Waals surface area (Å²) in [7, 11) is 0. The maximum atomic E-state index is 6.24. The molecule has 0 spiro atoms. The lowest BCUT2D eigenvalue weighted by molar-refractivity contribution is 0.651. The molecule has 1 aliphatic rings. The summed E-state index contributed by atoms with van der Waals surface area (Å²) in [5, 5.41) is 1.97. The van der Waals surface area contributed by atoms with Gasteiger partial charge >= 0.3 is 0 Å². The van der Waals surface area contributed by atoms with E-state index in [-0.39, 0.29) is 0 Å². The average Bonchev–Trinajstić information content (AvgIpc) is 3.00. The van der Waals surface area contributed by atoms with Crippen LogP contribution in [0.25, 0.3) is 10.1 Å². The highest BCUT2D eigenvalue weighted by molar-refractivity contribution is 7.13. The Balaban J connectivity index is 1.54. The fraction of sp³-hybridized carbons (Fsp3) is 0.250. The molecular formula is C16H15ClN4S. The second-order valence-electron chi connectivity index (χ2n) is 5.30. The Morgan fingerprint density at radius 3 is 2.59 bits per heavy atom. The third-order valence-corrected chi connectivity index (χ3v) is 5.14. The van der Waals surface area contributed by atoms with Crippen molar-refractivity contribution >= 4 is 44.7 Å². The minimum atomic E-state index is 0.718. The topological polar surface area (TPSA) is 32.3 Å². The van der Waals surface area contributed by atoms with E-state index >= 15 is 0 Å². The molecule has 0 saturated carbocycles. The minimum Gasteiger partial charge on any atom is -0.367 e. The van der Waals surface area contributed by atoms with Gasteiger partial charge in [0.25, 0.3) is 0 Å². The smallest absolute Gasteiger partial charge is 0.150 e. The van der Waals surface area contributed by atoms with Crippen LogP contribution in [0.15, 0.2) is 42.7 Å². The lowest BCUT2D eigenvalue weighted by atomic mass is 10.2. The van der Waals surface area contributed by atoms with E-state index in [0.717, 1.165) is 42.7 Å². The Morgan fingerprint density at radius 1 is 1.00 bits per heavy atom. The summed E-state index contributed by atoms with van der Waals surface area (Å²) in [5.74, 6) is 1.11. The lowest BCUT2D eigenvalue weighted by Gasteiger charge is -2.36. The molecule has 1 saturated heterocycles. The van der Waals surface area contributed by atoms with Crippen LogP contribution in [0, 0.1) is 0 Å². The molecule has 1 aromatic carbocycles. The van der Waals surface area contributed by atoms with E-state index in [1.807, 2.05) is 6.07 Å². The first-order valence-electron chi connectivity index (χ1n) is 7.27. The summed E-state index contributed by atoms with van der Waals surface area (Å²) in [4.78, 5) is 8.73. The molecule has 0 N–H and O–H groups in total. The van der Waals surface area contributed by atoms with Gasteiger partial charge in [-0.15, -0.1) is 0 Å². The Hall–Kier alpha value is -1.85. The van der Waals surface area contributed by atoms with E-state index in [4.69, 9.17) is 11.6 Å². The molecule has 2 aromatic heterocycles. The summed E-state index contributed by atoms with van der Waals surface area (Å²) in [6.45, 7) is 3.78. The van der Waals surface area contributed by atoms with Crippen molar-refractivity contribution in [2.24, 2.45) is 0 Å². The number of anilines is 2. The molecule has 6 heteroatoms. The van der Waals surface area contributed by atoms with Crippen LogP contribution in [-0.4, -0.2) is 35.5 Å². The van der Waals surface area contributed by atoms with Gasteiger partial charge in [0.2, 0.25) is 0 Å². The van der Waals surface area contributed by atoms with E-state index in [0.29, 0.717) is 0 Å². The Bertz CT molecular complexity index is 795. The molecule has 4 nitrogen and oxygen atoms in total. The normalized spacial score (nSPS) is 15.5. The van der Waals surface area contributed by atoms with Gasteiger partial charge in [0.1, 0.15) is 5.82 Å². The average molecular weight is 331 g/mol. The first-order valence-corrected chi connectivity index (χ1v) is 8.42. The van der Waals surface area contributed by atoms with Crippen LogP contribution in [0.1, 0.15) is 0 Å².